The van der Waals surface area contributed by atoms with Crippen LogP contribution in [0.1, 0.15) is 61.3 Å². The summed E-state index contributed by atoms with van der Waals surface area (Å²) in [5.41, 5.74) is 3.78. The van der Waals surface area contributed by atoms with E-state index in [2.05, 4.69) is 48.5 Å². The van der Waals surface area contributed by atoms with E-state index in [-0.39, 0.29) is 0 Å². The van der Waals surface area contributed by atoms with E-state index in [1.165, 1.54) is 12.8 Å². The summed E-state index contributed by atoms with van der Waals surface area (Å²) >= 11 is 0. The predicted octanol–water partition coefficient (Wildman–Crippen LogP) is 5.05. The molecule has 0 amide bonds. The lowest BCUT2D eigenvalue weighted by molar-refractivity contribution is 0.223. The molecule has 0 aromatic rings. The average molecular weight is 208 g/mol. The van der Waals surface area contributed by atoms with E-state index in [1.54, 1.807) is 11.1 Å². The fraction of sp³-hybridized carbons (Fsp3) is 0.867. The van der Waals surface area contributed by atoms with Gasteiger partial charge >= 0.3 is 0 Å². The number of hydrogen-bond acceptors (Lipinski definition) is 0. The smallest absolute Gasteiger partial charge is 0.00951 e. The van der Waals surface area contributed by atoms with E-state index in [0.29, 0.717) is 5.41 Å². The molecule has 0 saturated carbocycles. The van der Waals surface area contributed by atoms with Crippen molar-refractivity contribution in [1.29, 1.82) is 0 Å². The monoisotopic (exact) mass is 208 g/mol. The molecule has 2 atom stereocenters. The van der Waals surface area contributed by atoms with Gasteiger partial charge in [-0.25, -0.2) is 0 Å². The van der Waals surface area contributed by atoms with Crippen LogP contribution in [-0.4, -0.2) is 0 Å². The van der Waals surface area contributed by atoms with Crippen molar-refractivity contribution in [1.82, 2.24) is 0 Å². The third kappa shape index (κ3) is 2.29. The number of rotatable bonds is 5. The van der Waals surface area contributed by atoms with E-state index in [9.17, 15) is 0 Å². The van der Waals surface area contributed by atoms with Crippen molar-refractivity contribution in [2.75, 3.05) is 0 Å². The Morgan fingerprint density at radius 2 is 1.53 bits per heavy atom. The van der Waals surface area contributed by atoms with Crippen molar-refractivity contribution in [2.24, 2.45) is 23.2 Å². The van der Waals surface area contributed by atoms with Crippen LogP contribution in [0.4, 0.5) is 0 Å². The Kier molecular flexibility index (Phi) is 3.68. The van der Waals surface area contributed by atoms with Gasteiger partial charge in [0.2, 0.25) is 0 Å². The Balaban J connectivity index is 2.53. The SMILES string of the molecule is CCC(C(C)C)C(C)CC1(C)C(C)=C1C. The summed E-state index contributed by atoms with van der Waals surface area (Å²) < 4.78 is 0. The lowest BCUT2D eigenvalue weighted by Gasteiger charge is -2.29. The summed E-state index contributed by atoms with van der Waals surface area (Å²) in [4.78, 5) is 0. The van der Waals surface area contributed by atoms with Gasteiger partial charge in [0.05, 0.1) is 0 Å². The highest BCUT2D eigenvalue weighted by atomic mass is 14.5. The van der Waals surface area contributed by atoms with Gasteiger partial charge in [-0.05, 0) is 38.0 Å². The standard InChI is InChI=1S/C15H28/c1-8-14(10(2)3)11(4)9-15(7)12(5)13(15)6/h10-11,14H,8-9H2,1-7H3. The zero-order valence-electron chi connectivity index (χ0n) is 11.6. The maximum absolute atomic E-state index is 2.44. The molecule has 0 saturated heterocycles. The molecule has 0 fully saturated rings. The number of hydrogen-bond donors (Lipinski definition) is 0. The summed E-state index contributed by atoms with van der Waals surface area (Å²) in [6.07, 6.45) is 2.69. The molecule has 0 nitrogen and oxygen atoms in total. The molecular formula is C15H28. The minimum atomic E-state index is 0.488. The van der Waals surface area contributed by atoms with E-state index >= 15 is 0 Å². The molecule has 0 N–H and O–H groups in total. The van der Waals surface area contributed by atoms with Gasteiger partial charge in [0.1, 0.15) is 0 Å². The fourth-order valence-electron chi connectivity index (χ4n) is 3.42. The van der Waals surface area contributed by atoms with Crippen LogP contribution in [0, 0.1) is 23.2 Å². The fourth-order valence-corrected chi connectivity index (χ4v) is 3.42. The molecule has 1 rings (SSSR count). The lowest BCUT2D eigenvalue weighted by Crippen LogP contribution is -2.21. The summed E-state index contributed by atoms with van der Waals surface area (Å²) in [6.45, 7) is 16.5. The minimum Gasteiger partial charge on any atom is -0.0651 e. The van der Waals surface area contributed by atoms with E-state index in [0.717, 1.165) is 17.8 Å². The molecule has 0 heterocycles. The quantitative estimate of drug-likeness (QED) is 0.555. The zero-order valence-corrected chi connectivity index (χ0v) is 11.6. The van der Waals surface area contributed by atoms with Crippen molar-refractivity contribution >= 4 is 0 Å². The van der Waals surface area contributed by atoms with Crippen LogP contribution in [0.3, 0.4) is 0 Å². The molecule has 0 aromatic heterocycles. The molecule has 1 aliphatic rings. The Morgan fingerprint density at radius 3 is 1.80 bits per heavy atom. The molecule has 0 aromatic carbocycles. The molecule has 0 heteroatoms. The van der Waals surface area contributed by atoms with Gasteiger partial charge in [-0.1, -0.05) is 52.2 Å². The van der Waals surface area contributed by atoms with Crippen LogP contribution in [0.2, 0.25) is 0 Å². The second-order valence-electron chi connectivity index (χ2n) is 6.08. The first kappa shape index (κ1) is 12.8. The van der Waals surface area contributed by atoms with Gasteiger partial charge in [0.25, 0.3) is 0 Å². The zero-order chi connectivity index (χ0) is 11.8. The molecule has 15 heavy (non-hydrogen) atoms. The van der Waals surface area contributed by atoms with Crippen molar-refractivity contribution in [3.63, 3.8) is 0 Å². The van der Waals surface area contributed by atoms with E-state index < -0.39 is 0 Å². The molecule has 2 unspecified atom stereocenters. The van der Waals surface area contributed by atoms with Gasteiger partial charge in [0, 0.05) is 5.41 Å². The van der Waals surface area contributed by atoms with Gasteiger partial charge in [0.15, 0.2) is 0 Å². The second-order valence-corrected chi connectivity index (χ2v) is 6.08. The maximum Gasteiger partial charge on any atom is 0.00951 e. The summed E-state index contributed by atoms with van der Waals surface area (Å²) in [5.74, 6) is 2.57. The highest BCUT2D eigenvalue weighted by Gasteiger charge is 2.44. The van der Waals surface area contributed by atoms with Gasteiger partial charge in [-0.2, -0.15) is 0 Å². The highest BCUT2D eigenvalue weighted by molar-refractivity contribution is 5.45. The summed E-state index contributed by atoms with van der Waals surface area (Å²) in [6, 6.07) is 0. The summed E-state index contributed by atoms with van der Waals surface area (Å²) in [5, 5.41) is 0. The van der Waals surface area contributed by atoms with E-state index in [1.807, 2.05) is 0 Å². The third-order valence-corrected chi connectivity index (χ3v) is 4.94. The summed E-state index contributed by atoms with van der Waals surface area (Å²) in [7, 11) is 0. The predicted molar refractivity (Wildman–Crippen MR) is 68.9 cm³/mol. The second kappa shape index (κ2) is 4.31. The Morgan fingerprint density at radius 1 is 1.07 bits per heavy atom. The van der Waals surface area contributed by atoms with Crippen LogP contribution in [0.5, 0.6) is 0 Å². The molecule has 0 bridgehead atoms. The molecular weight excluding hydrogens is 180 g/mol. The van der Waals surface area contributed by atoms with Crippen LogP contribution in [0.15, 0.2) is 11.1 Å². The number of allylic oxidation sites excluding steroid dienone is 2. The Labute approximate surface area is 96.2 Å². The largest absolute Gasteiger partial charge is 0.0651 e. The first-order valence-corrected chi connectivity index (χ1v) is 6.53. The topological polar surface area (TPSA) is 0 Å². The maximum atomic E-state index is 2.44. The van der Waals surface area contributed by atoms with Crippen molar-refractivity contribution in [3.8, 4) is 0 Å². The first-order valence-electron chi connectivity index (χ1n) is 6.53. The van der Waals surface area contributed by atoms with Crippen LogP contribution in [0.25, 0.3) is 0 Å². The van der Waals surface area contributed by atoms with Crippen molar-refractivity contribution in [2.45, 2.75) is 61.3 Å². The third-order valence-electron chi connectivity index (χ3n) is 4.94. The highest BCUT2D eigenvalue weighted by Crippen LogP contribution is 2.56. The van der Waals surface area contributed by atoms with E-state index in [4.69, 9.17) is 0 Å². The molecule has 0 spiro atoms. The van der Waals surface area contributed by atoms with Gasteiger partial charge < -0.3 is 0 Å². The van der Waals surface area contributed by atoms with Crippen LogP contribution >= 0.6 is 0 Å². The molecule has 0 aliphatic heterocycles. The van der Waals surface area contributed by atoms with Crippen molar-refractivity contribution in [3.05, 3.63) is 11.1 Å². The van der Waals surface area contributed by atoms with Crippen molar-refractivity contribution < 1.29 is 0 Å². The molecule has 88 valence electrons. The minimum absolute atomic E-state index is 0.488. The van der Waals surface area contributed by atoms with Gasteiger partial charge in [-0.3, -0.25) is 0 Å². The van der Waals surface area contributed by atoms with Crippen LogP contribution in [-0.2, 0) is 0 Å². The Bertz CT molecular complexity index is 245. The molecule has 1 aliphatic carbocycles. The normalized spacial score (nSPS) is 23.2. The average Bonchev–Trinajstić information content (AvgIpc) is 2.57. The van der Waals surface area contributed by atoms with Gasteiger partial charge in [-0.15, -0.1) is 0 Å². The first-order chi connectivity index (χ1) is 6.84. The lowest BCUT2D eigenvalue weighted by atomic mass is 9.76. The van der Waals surface area contributed by atoms with Crippen LogP contribution < -0.4 is 0 Å². The molecule has 0 radical (unpaired) electrons. The Hall–Kier alpha value is -0.260.